The Kier molecular flexibility index (Phi) is 13.3. The first-order chi connectivity index (χ1) is 19.8. The fourth-order valence-electron chi connectivity index (χ4n) is 4.44. The predicted octanol–water partition coefficient (Wildman–Crippen LogP) is 6.90. The SMILES string of the molecule is COc1ccc(CCCCCCCCOc2ccc(C[S+]([O-])Cc3cccc(C(=O)O)c3)cc2C=CC(=O)O)cc1. The molecule has 0 aliphatic rings. The van der Waals surface area contributed by atoms with Crippen molar-refractivity contribution in [2.24, 2.45) is 0 Å². The Bertz CT molecular complexity index is 1290. The van der Waals surface area contributed by atoms with E-state index in [1.54, 1.807) is 31.4 Å². The van der Waals surface area contributed by atoms with Gasteiger partial charge < -0.3 is 24.2 Å². The summed E-state index contributed by atoms with van der Waals surface area (Å²) in [7, 11) is 1.67. The van der Waals surface area contributed by atoms with Crippen LogP contribution < -0.4 is 9.47 Å². The molecule has 0 saturated heterocycles. The van der Waals surface area contributed by atoms with Crippen molar-refractivity contribution in [3.8, 4) is 11.5 Å². The summed E-state index contributed by atoms with van der Waals surface area (Å²) in [6.07, 6.45) is 10.2. The van der Waals surface area contributed by atoms with Gasteiger partial charge in [-0.3, -0.25) is 0 Å². The van der Waals surface area contributed by atoms with Crippen molar-refractivity contribution in [2.45, 2.75) is 56.5 Å². The van der Waals surface area contributed by atoms with Crippen molar-refractivity contribution in [2.75, 3.05) is 13.7 Å². The highest BCUT2D eigenvalue weighted by atomic mass is 32.2. The normalized spacial score (nSPS) is 11.9. The van der Waals surface area contributed by atoms with Crippen LogP contribution in [0.15, 0.2) is 72.8 Å². The molecule has 1 atom stereocenters. The number of carboxylic acid groups (broad SMARTS) is 2. The van der Waals surface area contributed by atoms with Crippen LogP contribution in [0.4, 0.5) is 0 Å². The van der Waals surface area contributed by atoms with Crippen molar-refractivity contribution in [3.63, 3.8) is 0 Å². The molecule has 8 heteroatoms. The summed E-state index contributed by atoms with van der Waals surface area (Å²) in [6, 6.07) is 20.1. The molecule has 0 aliphatic heterocycles. The van der Waals surface area contributed by atoms with Gasteiger partial charge in [0.15, 0.2) is 0 Å². The molecule has 3 rings (SSSR count). The van der Waals surface area contributed by atoms with Crippen LogP contribution in [0.5, 0.6) is 11.5 Å². The van der Waals surface area contributed by atoms with Gasteiger partial charge in [0.25, 0.3) is 0 Å². The van der Waals surface area contributed by atoms with Gasteiger partial charge in [-0.05, 0) is 78.5 Å². The monoisotopic (exact) mass is 578 g/mol. The second kappa shape index (κ2) is 17.1. The molecule has 41 heavy (non-hydrogen) atoms. The van der Waals surface area contributed by atoms with Crippen LogP contribution in [0, 0.1) is 0 Å². The van der Waals surface area contributed by atoms with E-state index in [9.17, 15) is 14.1 Å². The Morgan fingerprint density at radius 3 is 2.17 bits per heavy atom. The lowest BCUT2D eigenvalue weighted by molar-refractivity contribution is -0.131. The molecule has 218 valence electrons. The minimum Gasteiger partial charge on any atom is -0.616 e. The molecule has 2 N–H and O–H groups in total. The summed E-state index contributed by atoms with van der Waals surface area (Å²) in [5, 5.41) is 18.3. The van der Waals surface area contributed by atoms with Crippen LogP contribution in [0.2, 0.25) is 0 Å². The van der Waals surface area contributed by atoms with E-state index in [2.05, 4.69) is 12.1 Å². The van der Waals surface area contributed by atoms with E-state index in [0.29, 0.717) is 23.5 Å². The lowest BCUT2D eigenvalue weighted by atomic mass is 10.0. The number of benzene rings is 3. The first-order valence-corrected chi connectivity index (χ1v) is 15.3. The summed E-state index contributed by atoms with van der Waals surface area (Å²) in [6.45, 7) is 0.533. The smallest absolute Gasteiger partial charge is 0.335 e. The maximum atomic E-state index is 12.8. The van der Waals surface area contributed by atoms with Crippen molar-refractivity contribution in [1.82, 2.24) is 0 Å². The van der Waals surface area contributed by atoms with E-state index in [1.807, 2.05) is 18.2 Å². The zero-order chi connectivity index (χ0) is 29.5. The largest absolute Gasteiger partial charge is 0.616 e. The molecule has 0 amide bonds. The van der Waals surface area contributed by atoms with Crippen molar-refractivity contribution < 1.29 is 33.8 Å². The van der Waals surface area contributed by atoms with Crippen molar-refractivity contribution in [1.29, 1.82) is 0 Å². The third kappa shape index (κ3) is 11.7. The Morgan fingerprint density at radius 1 is 0.829 bits per heavy atom. The van der Waals surface area contributed by atoms with E-state index in [0.717, 1.165) is 49.5 Å². The van der Waals surface area contributed by atoms with Crippen molar-refractivity contribution in [3.05, 3.63) is 101 Å². The maximum absolute atomic E-state index is 12.8. The number of aryl methyl sites for hydroxylation is 1. The lowest BCUT2D eigenvalue weighted by Gasteiger charge is -2.14. The van der Waals surface area contributed by atoms with Crippen LogP contribution in [0.3, 0.4) is 0 Å². The molecular weight excluding hydrogens is 540 g/mol. The molecular formula is C33H38O7S. The summed E-state index contributed by atoms with van der Waals surface area (Å²) in [5.74, 6) is -0.138. The van der Waals surface area contributed by atoms with Gasteiger partial charge in [-0.2, -0.15) is 0 Å². The maximum Gasteiger partial charge on any atom is 0.335 e. The number of hydrogen-bond acceptors (Lipinski definition) is 5. The molecule has 3 aromatic carbocycles. The molecule has 0 heterocycles. The van der Waals surface area contributed by atoms with Crippen LogP contribution >= 0.6 is 0 Å². The topological polar surface area (TPSA) is 116 Å². The number of carbonyl (C=O) groups is 2. The fraction of sp³-hybridized carbons (Fsp3) is 0.333. The number of aliphatic carboxylic acids is 1. The Labute approximate surface area is 245 Å². The highest BCUT2D eigenvalue weighted by Crippen LogP contribution is 2.25. The summed E-state index contributed by atoms with van der Waals surface area (Å²) in [4.78, 5) is 22.3. The zero-order valence-electron chi connectivity index (χ0n) is 23.4. The molecule has 0 aliphatic carbocycles. The Balaban J connectivity index is 1.43. The first kappa shape index (κ1) is 31.8. The summed E-state index contributed by atoms with van der Waals surface area (Å²) < 4.78 is 24.0. The van der Waals surface area contributed by atoms with Gasteiger partial charge in [0, 0.05) is 22.8 Å². The van der Waals surface area contributed by atoms with Crippen LogP contribution in [-0.4, -0.2) is 40.4 Å². The number of hydrogen-bond donors (Lipinski definition) is 2. The number of rotatable bonds is 18. The van der Waals surface area contributed by atoms with E-state index in [1.165, 1.54) is 36.6 Å². The Hall–Kier alpha value is -3.75. The highest BCUT2D eigenvalue weighted by molar-refractivity contribution is 7.89. The lowest BCUT2D eigenvalue weighted by Crippen LogP contribution is -2.09. The average molecular weight is 579 g/mol. The number of unbranched alkanes of at least 4 members (excludes halogenated alkanes) is 5. The quantitative estimate of drug-likeness (QED) is 0.0958. The van der Waals surface area contributed by atoms with E-state index in [-0.39, 0.29) is 17.1 Å². The molecule has 1 unspecified atom stereocenters. The molecule has 0 fully saturated rings. The highest BCUT2D eigenvalue weighted by Gasteiger charge is 2.13. The van der Waals surface area contributed by atoms with Gasteiger partial charge >= 0.3 is 11.9 Å². The minimum absolute atomic E-state index is 0.159. The first-order valence-electron chi connectivity index (χ1n) is 13.8. The average Bonchev–Trinajstić information content (AvgIpc) is 2.96. The zero-order valence-corrected chi connectivity index (χ0v) is 24.2. The van der Waals surface area contributed by atoms with Gasteiger partial charge in [-0.15, -0.1) is 0 Å². The number of aromatic carboxylic acids is 1. The fourth-order valence-corrected chi connectivity index (χ4v) is 5.64. The number of ether oxygens (including phenoxy) is 2. The minimum atomic E-state index is -1.27. The molecule has 0 radical (unpaired) electrons. The molecule has 7 nitrogen and oxygen atoms in total. The van der Waals surface area contributed by atoms with Crippen LogP contribution in [-0.2, 0) is 33.9 Å². The molecule has 0 saturated carbocycles. The van der Waals surface area contributed by atoms with Gasteiger partial charge in [0.05, 0.1) is 19.3 Å². The molecule has 0 aromatic heterocycles. The summed E-state index contributed by atoms with van der Waals surface area (Å²) >= 11 is -1.27. The van der Waals surface area contributed by atoms with Gasteiger partial charge in [-0.25, -0.2) is 9.59 Å². The van der Waals surface area contributed by atoms with Gasteiger partial charge in [-0.1, -0.05) is 56.0 Å². The predicted molar refractivity (Wildman–Crippen MR) is 162 cm³/mol. The summed E-state index contributed by atoms with van der Waals surface area (Å²) in [5.41, 5.74) is 3.58. The second-order valence-electron chi connectivity index (χ2n) is 9.85. The second-order valence-corrected chi connectivity index (χ2v) is 11.3. The van der Waals surface area contributed by atoms with Gasteiger partial charge in [0.2, 0.25) is 0 Å². The van der Waals surface area contributed by atoms with Crippen LogP contribution in [0.1, 0.15) is 71.1 Å². The Morgan fingerprint density at radius 2 is 1.49 bits per heavy atom. The van der Waals surface area contributed by atoms with Gasteiger partial charge in [0.1, 0.15) is 23.0 Å². The number of methoxy groups -OCH3 is 1. The number of carboxylic acids is 2. The molecule has 3 aromatic rings. The van der Waals surface area contributed by atoms with Crippen molar-refractivity contribution >= 4 is 29.2 Å². The molecule has 0 spiro atoms. The van der Waals surface area contributed by atoms with E-state index in [4.69, 9.17) is 19.7 Å². The van der Waals surface area contributed by atoms with E-state index < -0.39 is 23.1 Å². The van der Waals surface area contributed by atoms with E-state index >= 15 is 0 Å². The molecule has 0 bridgehead atoms. The van der Waals surface area contributed by atoms with Crippen LogP contribution in [0.25, 0.3) is 6.08 Å². The third-order valence-corrected chi connectivity index (χ3v) is 7.90. The third-order valence-electron chi connectivity index (χ3n) is 6.59. The standard InChI is InChI=1S/C33H38O7S/c1-39-30-16-12-25(13-17-30)9-6-4-2-3-5-7-20-40-31-18-14-27(21-28(31)15-19-32(34)35)24-41(38)23-26-10-8-11-29(22-26)33(36)37/h8,10-19,21-22H,2-7,9,20,23-24H2,1H3,(H,34,35)(H,36,37).